The molecule has 0 amide bonds. The fraction of sp³-hybridized carbons (Fsp3) is 0.429. The lowest BCUT2D eigenvalue weighted by Crippen LogP contribution is -2.17. The molecule has 1 aromatic rings. The molecular formula is C14H16BrNO5. The number of carbonyl (C=O) groups is 2. The SMILES string of the molecule is COc1c(C2CC(C(=O)O)CN2)cc(Br)c(C=O)c1OC. The second kappa shape index (κ2) is 6.44. The van der Waals surface area contributed by atoms with Crippen LogP contribution >= 0.6 is 15.9 Å². The lowest BCUT2D eigenvalue weighted by atomic mass is 9.97. The van der Waals surface area contributed by atoms with Crippen molar-refractivity contribution >= 4 is 28.2 Å². The molecule has 0 aromatic heterocycles. The number of rotatable bonds is 5. The Morgan fingerprint density at radius 1 is 1.43 bits per heavy atom. The molecule has 7 heteroatoms. The normalized spacial score (nSPS) is 21.1. The van der Waals surface area contributed by atoms with Crippen molar-refractivity contribution in [3.05, 3.63) is 21.7 Å². The Labute approximate surface area is 130 Å². The van der Waals surface area contributed by atoms with E-state index in [1.54, 1.807) is 6.07 Å². The van der Waals surface area contributed by atoms with Gasteiger partial charge in [-0.05, 0) is 28.4 Å². The van der Waals surface area contributed by atoms with E-state index >= 15 is 0 Å². The number of benzene rings is 1. The molecule has 2 unspecified atom stereocenters. The van der Waals surface area contributed by atoms with Gasteiger partial charge in [0, 0.05) is 22.6 Å². The summed E-state index contributed by atoms with van der Waals surface area (Å²) >= 11 is 3.34. The number of nitrogens with one attached hydrogen (secondary N) is 1. The number of ether oxygens (including phenoxy) is 2. The summed E-state index contributed by atoms with van der Waals surface area (Å²) in [7, 11) is 2.96. The van der Waals surface area contributed by atoms with E-state index < -0.39 is 11.9 Å². The zero-order chi connectivity index (χ0) is 15.6. The van der Waals surface area contributed by atoms with Crippen molar-refractivity contribution in [3.63, 3.8) is 0 Å². The van der Waals surface area contributed by atoms with Gasteiger partial charge in [0.1, 0.15) is 0 Å². The Hall–Kier alpha value is -1.60. The Balaban J connectivity index is 2.47. The minimum Gasteiger partial charge on any atom is -0.492 e. The predicted molar refractivity (Wildman–Crippen MR) is 79.1 cm³/mol. The Morgan fingerprint density at radius 3 is 2.57 bits per heavy atom. The number of halogens is 1. The minimum absolute atomic E-state index is 0.160. The van der Waals surface area contributed by atoms with Crippen LogP contribution in [0.5, 0.6) is 11.5 Å². The van der Waals surface area contributed by atoms with Gasteiger partial charge in [0.25, 0.3) is 0 Å². The highest BCUT2D eigenvalue weighted by Gasteiger charge is 2.33. The zero-order valence-corrected chi connectivity index (χ0v) is 13.3. The van der Waals surface area contributed by atoms with Crippen LogP contribution in [0, 0.1) is 5.92 Å². The number of aliphatic carboxylic acids is 1. The van der Waals surface area contributed by atoms with Gasteiger partial charge in [-0.3, -0.25) is 9.59 Å². The van der Waals surface area contributed by atoms with Crippen molar-refractivity contribution in [1.29, 1.82) is 0 Å². The van der Waals surface area contributed by atoms with E-state index in [0.717, 1.165) is 5.56 Å². The first kappa shape index (κ1) is 15.8. The van der Waals surface area contributed by atoms with Gasteiger partial charge in [0.2, 0.25) is 0 Å². The first-order valence-corrected chi connectivity index (χ1v) is 7.18. The van der Waals surface area contributed by atoms with Crippen LogP contribution in [0.2, 0.25) is 0 Å². The molecule has 2 rings (SSSR count). The molecule has 114 valence electrons. The van der Waals surface area contributed by atoms with Crippen molar-refractivity contribution in [3.8, 4) is 11.5 Å². The minimum atomic E-state index is -0.820. The molecule has 1 fully saturated rings. The van der Waals surface area contributed by atoms with Gasteiger partial charge in [-0.25, -0.2) is 0 Å². The molecule has 0 saturated carbocycles. The van der Waals surface area contributed by atoms with Crippen molar-refractivity contribution < 1.29 is 24.2 Å². The van der Waals surface area contributed by atoms with Gasteiger partial charge >= 0.3 is 5.97 Å². The van der Waals surface area contributed by atoms with Crippen LogP contribution < -0.4 is 14.8 Å². The van der Waals surface area contributed by atoms with E-state index in [-0.39, 0.29) is 6.04 Å². The summed E-state index contributed by atoms with van der Waals surface area (Å²) < 4.78 is 11.3. The summed E-state index contributed by atoms with van der Waals surface area (Å²) in [4.78, 5) is 22.3. The van der Waals surface area contributed by atoms with E-state index in [0.29, 0.717) is 40.8 Å². The van der Waals surface area contributed by atoms with E-state index in [1.165, 1.54) is 14.2 Å². The van der Waals surface area contributed by atoms with Crippen molar-refractivity contribution in [2.24, 2.45) is 5.92 Å². The molecule has 6 nitrogen and oxygen atoms in total. The summed E-state index contributed by atoms with van der Waals surface area (Å²) in [6.07, 6.45) is 1.15. The molecule has 21 heavy (non-hydrogen) atoms. The molecule has 0 aliphatic carbocycles. The van der Waals surface area contributed by atoms with Crippen LogP contribution in [0.3, 0.4) is 0 Å². The number of carboxylic acids is 1. The maximum absolute atomic E-state index is 11.2. The molecule has 1 aliphatic heterocycles. The second-order valence-corrected chi connectivity index (χ2v) is 5.63. The summed E-state index contributed by atoms with van der Waals surface area (Å²) in [5, 5.41) is 12.3. The van der Waals surface area contributed by atoms with Crippen LogP contribution in [-0.4, -0.2) is 38.1 Å². The van der Waals surface area contributed by atoms with Gasteiger partial charge in [0.15, 0.2) is 17.8 Å². The summed E-state index contributed by atoms with van der Waals surface area (Å²) in [5.74, 6) is -0.460. The average Bonchev–Trinajstić information content (AvgIpc) is 2.95. The van der Waals surface area contributed by atoms with E-state index in [9.17, 15) is 9.59 Å². The van der Waals surface area contributed by atoms with Crippen LogP contribution in [-0.2, 0) is 4.79 Å². The largest absolute Gasteiger partial charge is 0.492 e. The van der Waals surface area contributed by atoms with Crippen molar-refractivity contribution in [2.45, 2.75) is 12.5 Å². The first-order chi connectivity index (χ1) is 10.0. The molecule has 0 spiro atoms. The standard InChI is InChI=1S/C14H16BrNO5/c1-20-12-8(11-3-7(5-16-11)14(18)19)4-10(15)9(6-17)13(12)21-2/h4,6-7,11,16H,3,5H2,1-2H3,(H,18,19). The molecule has 1 aliphatic rings. The third-order valence-corrected chi connectivity index (χ3v) is 4.29. The molecule has 0 radical (unpaired) electrons. The summed E-state index contributed by atoms with van der Waals surface area (Å²) in [5.41, 5.74) is 1.14. The number of hydrogen-bond donors (Lipinski definition) is 2. The maximum Gasteiger partial charge on any atom is 0.307 e. The third-order valence-electron chi connectivity index (χ3n) is 3.63. The van der Waals surface area contributed by atoms with Crippen LogP contribution in [0.4, 0.5) is 0 Å². The topological polar surface area (TPSA) is 84.9 Å². The third kappa shape index (κ3) is 2.89. The highest BCUT2D eigenvalue weighted by Crippen LogP contribution is 2.43. The Bertz CT molecular complexity index is 575. The quantitative estimate of drug-likeness (QED) is 0.784. The molecule has 1 saturated heterocycles. The molecule has 1 aromatic carbocycles. The number of hydrogen-bond acceptors (Lipinski definition) is 5. The fourth-order valence-electron chi connectivity index (χ4n) is 2.58. The smallest absolute Gasteiger partial charge is 0.307 e. The molecule has 2 atom stereocenters. The number of methoxy groups -OCH3 is 2. The van der Waals surface area contributed by atoms with Gasteiger partial charge in [-0.1, -0.05) is 0 Å². The van der Waals surface area contributed by atoms with Crippen LogP contribution in [0.25, 0.3) is 0 Å². The van der Waals surface area contributed by atoms with Crippen LogP contribution in [0.1, 0.15) is 28.4 Å². The van der Waals surface area contributed by atoms with Gasteiger partial charge < -0.3 is 19.9 Å². The van der Waals surface area contributed by atoms with E-state index in [1.807, 2.05) is 0 Å². The van der Waals surface area contributed by atoms with E-state index in [2.05, 4.69) is 21.2 Å². The molecular weight excluding hydrogens is 342 g/mol. The van der Waals surface area contributed by atoms with Crippen LogP contribution in [0.15, 0.2) is 10.5 Å². The predicted octanol–water partition coefficient (Wildman–Crippen LogP) is 2.01. The Kier molecular flexibility index (Phi) is 4.84. The molecule has 2 N–H and O–H groups in total. The molecule has 0 bridgehead atoms. The van der Waals surface area contributed by atoms with Crippen molar-refractivity contribution in [2.75, 3.05) is 20.8 Å². The van der Waals surface area contributed by atoms with Crippen molar-refractivity contribution in [1.82, 2.24) is 5.32 Å². The van der Waals surface area contributed by atoms with Gasteiger partial charge in [0.05, 0.1) is 25.7 Å². The lowest BCUT2D eigenvalue weighted by molar-refractivity contribution is -0.141. The second-order valence-electron chi connectivity index (χ2n) is 4.78. The highest BCUT2D eigenvalue weighted by atomic mass is 79.9. The monoisotopic (exact) mass is 357 g/mol. The molecule has 1 heterocycles. The number of carbonyl (C=O) groups excluding carboxylic acids is 1. The maximum atomic E-state index is 11.2. The Morgan fingerprint density at radius 2 is 2.10 bits per heavy atom. The lowest BCUT2D eigenvalue weighted by Gasteiger charge is -2.19. The highest BCUT2D eigenvalue weighted by molar-refractivity contribution is 9.10. The number of carboxylic acid groups (broad SMARTS) is 1. The first-order valence-electron chi connectivity index (χ1n) is 6.39. The van der Waals surface area contributed by atoms with Gasteiger partial charge in [-0.15, -0.1) is 0 Å². The van der Waals surface area contributed by atoms with Gasteiger partial charge in [-0.2, -0.15) is 0 Å². The average molecular weight is 358 g/mol. The summed E-state index contributed by atoms with van der Waals surface area (Å²) in [6.45, 7) is 0.401. The fourth-order valence-corrected chi connectivity index (χ4v) is 3.10. The van der Waals surface area contributed by atoms with E-state index in [4.69, 9.17) is 14.6 Å². The number of aldehydes is 1. The summed E-state index contributed by atoms with van der Waals surface area (Å²) in [6, 6.07) is 1.61. The zero-order valence-electron chi connectivity index (χ0n) is 11.7.